The van der Waals surface area contributed by atoms with E-state index in [-0.39, 0.29) is 6.04 Å². The summed E-state index contributed by atoms with van der Waals surface area (Å²) in [5.74, 6) is 0.767. The van der Waals surface area contributed by atoms with Crippen LogP contribution in [0.3, 0.4) is 0 Å². The van der Waals surface area contributed by atoms with Crippen LogP contribution in [0, 0.1) is 0 Å². The Kier molecular flexibility index (Phi) is 6.62. The highest BCUT2D eigenvalue weighted by atomic mass is 32.2. The summed E-state index contributed by atoms with van der Waals surface area (Å²) in [5.41, 5.74) is 8.22. The average molecular weight is 635 g/mol. The smallest absolute Gasteiger partial charge is 0.173 e. The summed E-state index contributed by atoms with van der Waals surface area (Å²) < 4.78 is 4.77. The van der Waals surface area contributed by atoms with E-state index >= 15 is 0 Å². The number of aromatic nitrogens is 2. The Labute approximate surface area is 274 Å². The zero-order valence-electron chi connectivity index (χ0n) is 24.1. The van der Waals surface area contributed by atoms with E-state index in [1.165, 1.54) is 53.9 Å². The van der Waals surface area contributed by atoms with E-state index < -0.39 is 0 Å². The highest BCUT2D eigenvalue weighted by Gasteiger charge is 2.29. The van der Waals surface area contributed by atoms with E-state index in [9.17, 15) is 0 Å². The second-order valence-corrected chi connectivity index (χ2v) is 14.0. The molecule has 9 rings (SSSR count). The van der Waals surface area contributed by atoms with Crippen molar-refractivity contribution in [1.82, 2.24) is 9.36 Å². The van der Waals surface area contributed by atoms with Crippen LogP contribution in [0.15, 0.2) is 159 Å². The summed E-state index contributed by atoms with van der Waals surface area (Å²) in [6.45, 7) is 0. The van der Waals surface area contributed by atoms with Crippen LogP contribution in [0.25, 0.3) is 17.0 Å². The molecule has 1 atom stereocenters. The lowest BCUT2D eigenvalue weighted by atomic mass is 10.00. The van der Waals surface area contributed by atoms with Crippen LogP contribution in [-0.4, -0.2) is 15.4 Å². The molecular weight excluding hydrogens is 609 g/mol. The summed E-state index contributed by atoms with van der Waals surface area (Å²) in [4.78, 5) is 14.9. The SMILES string of the molecule is C1=CC(N2c3ccccc3Sc3ccccc32)CC=C1c1nc(-c2ccc(N3c4ccccc4Sc4ccccc43)cc2)ns1. The fraction of sp³-hybridized carbons (Fsp3) is 0.0526. The lowest BCUT2D eigenvalue weighted by Crippen LogP contribution is -2.32. The van der Waals surface area contributed by atoms with Crippen LogP contribution in [0.5, 0.6) is 0 Å². The molecule has 0 amide bonds. The Balaban J connectivity index is 0.967. The molecule has 5 aromatic carbocycles. The number of benzene rings is 5. The molecule has 4 nitrogen and oxygen atoms in total. The van der Waals surface area contributed by atoms with Gasteiger partial charge in [-0.15, -0.1) is 0 Å². The van der Waals surface area contributed by atoms with Gasteiger partial charge in [-0.1, -0.05) is 90.3 Å². The van der Waals surface area contributed by atoms with Gasteiger partial charge in [0.2, 0.25) is 0 Å². The highest BCUT2D eigenvalue weighted by molar-refractivity contribution is 8.00. The van der Waals surface area contributed by atoms with Crippen molar-refractivity contribution in [3.63, 3.8) is 0 Å². The van der Waals surface area contributed by atoms with E-state index in [1.54, 1.807) is 0 Å². The number of allylic oxidation sites excluding steroid dienone is 2. The largest absolute Gasteiger partial charge is 0.332 e. The third-order valence-electron chi connectivity index (χ3n) is 8.37. The topological polar surface area (TPSA) is 32.3 Å². The van der Waals surface area contributed by atoms with Gasteiger partial charge < -0.3 is 9.80 Å². The molecule has 0 fully saturated rings. The maximum atomic E-state index is 4.98. The Bertz CT molecular complexity index is 2040. The van der Waals surface area contributed by atoms with Gasteiger partial charge in [0.25, 0.3) is 0 Å². The molecule has 0 saturated heterocycles. The van der Waals surface area contributed by atoms with Crippen LogP contribution in [0.1, 0.15) is 11.4 Å². The quantitative estimate of drug-likeness (QED) is 0.192. The summed E-state index contributed by atoms with van der Waals surface area (Å²) in [6, 6.07) is 43.5. The first kappa shape index (κ1) is 26.8. The molecule has 3 heterocycles. The van der Waals surface area contributed by atoms with Gasteiger partial charge in [0.05, 0.1) is 28.8 Å². The fourth-order valence-corrected chi connectivity index (χ4v) is 9.08. The van der Waals surface area contributed by atoms with Gasteiger partial charge in [-0.2, -0.15) is 4.37 Å². The van der Waals surface area contributed by atoms with Crippen LogP contribution >= 0.6 is 35.1 Å². The number of rotatable bonds is 4. The molecule has 7 heteroatoms. The van der Waals surface area contributed by atoms with E-state index in [1.807, 2.05) is 23.5 Å². The molecule has 0 saturated carbocycles. The zero-order chi connectivity index (χ0) is 29.7. The second kappa shape index (κ2) is 11.1. The Morgan fingerprint density at radius 3 is 1.69 bits per heavy atom. The molecule has 0 spiro atoms. The lowest BCUT2D eigenvalue weighted by molar-refractivity contribution is 0.772. The van der Waals surface area contributed by atoms with E-state index in [2.05, 4.69) is 149 Å². The van der Waals surface area contributed by atoms with Gasteiger partial charge in [0.15, 0.2) is 5.82 Å². The number of hydrogen-bond donors (Lipinski definition) is 0. The van der Waals surface area contributed by atoms with Gasteiger partial charge in [-0.05, 0) is 90.7 Å². The van der Waals surface area contributed by atoms with Crippen LogP contribution in [0.2, 0.25) is 0 Å². The minimum Gasteiger partial charge on any atom is -0.332 e. The third-order valence-corrected chi connectivity index (χ3v) is 11.4. The number of anilines is 5. The van der Waals surface area contributed by atoms with Crippen molar-refractivity contribution < 1.29 is 0 Å². The van der Waals surface area contributed by atoms with Gasteiger partial charge in [0.1, 0.15) is 5.01 Å². The highest BCUT2D eigenvalue weighted by Crippen LogP contribution is 2.52. The number of nitrogens with zero attached hydrogens (tertiary/aromatic N) is 4. The van der Waals surface area contributed by atoms with Gasteiger partial charge in [-0.3, -0.25) is 0 Å². The van der Waals surface area contributed by atoms with E-state index in [4.69, 9.17) is 9.36 Å². The molecule has 1 unspecified atom stereocenters. The number of fused-ring (bicyclic) bond motifs is 4. The number of para-hydroxylation sites is 4. The lowest BCUT2D eigenvalue weighted by Gasteiger charge is -2.38. The molecule has 1 aromatic heterocycles. The monoisotopic (exact) mass is 634 g/mol. The molecule has 216 valence electrons. The van der Waals surface area contributed by atoms with Gasteiger partial charge in [-0.25, -0.2) is 4.98 Å². The Morgan fingerprint density at radius 1 is 0.600 bits per heavy atom. The first-order valence-electron chi connectivity index (χ1n) is 14.9. The molecule has 3 aliphatic rings. The van der Waals surface area contributed by atoms with Gasteiger partial charge in [0, 0.05) is 36.4 Å². The van der Waals surface area contributed by atoms with Crippen LogP contribution < -0.4 is 9.80 Å². The Hall–Kier alpha value is -4.56. The van der Waals surface area contributed by atoms with Crippen LogP contribution in [-0.2, 0) is 0 Å². The summed E-state index contributed by atoms with van der Waals surface area (Å²) in [6.07, 6.45) is 7.76. The van der Waals surface area contributed by atoms with Crippen molar-refractivity contribution in [2.24, 2.45) is 0 Å². The van der Waals surface area contributed by atoms with Crippen molar-refractivity contribution >= 4 is 69.1 Å². The first-order chi connectivity index (χ1) is 22.3. The fourth-order valence-electron chi connectivity index (χ4n) is 6.25. The molecule has 0 radical (unpaired) electrons. The second-order valence-electron chi connectivity index (χ2n) is 11.1. The molecule has 2 aliphatic heterocycles. The zero-order valence-corrected chi connectivity index (χ0v) is 26.5. The van der Waals surface area contributed by atoms with E-state index in [0.717, 1.165) is 34.1 Å². The normalized spacial score (nSPS) is 16.4. The van der Waals surface area contributed by atoms with Crippen molar-refractivity contribution in [1.29, 1.82) is 0 Å². The summed E-state index contributed by atoms with van der Waals surface area (Å²) in [5, 5.41) is 0.953. The predicted octanol–water partition coefficient (Wildman–Crippen LogP) is 11.2. The third kappa shape index (κ3) is 4.70. The maximum Gasteiger partial charge on any atom is 0.173 e. The maximum absolute atomic E-state index is 4.98. The molecular formula is C38H26N4S3. The van der Waals surface area contributed by atoms with Crippen molar-refractivity contribution in [3.8, 4) is 11.4 Å². The molecule has 0 N–H and O–H groups in total. The predicted molar refractivity (Wildman–Crippen MR) is 189 cm³/mol. The average Bonchev–Trinajstić information content (AvgIpc) is 3.60. The van der Waals surface area contributed by atoms with Crippen molar-refractivity contribution in [2.75, 3.05) is 9.80 Å². The molecule has 6 aromatic rings. The molecule has 45 heavy (non-hydrogen) atoms. The standard InChI is InChI=1S/C38H26N4S3/c1-5-13-33-29(9-1)41(30-10-2-6-14-34(30)43-33)27-21-17-25(18-22-27)37-39-38(45-40-37)26-19-23-28(24-20-26)42-31-11-3-7-15-35(31)44-36-16-8-4-12-32(36)42/h1-23,28H,24H2. The molecule has 1 aliphatic carbocycles. The Morgan fingerprint density at radius 2 is 1.13 bits per heavy atom. The summed E-state index contributed by atoms with van der Waals surface area (Å²) in [7, 11) is 0. The minimum absolute atomic E-state index is 0.236. The summed E-state index contributed by atoms with van der Waals surface area (Å²) >= 11 is 5.14. The van der Waals surface area contributed by atoms with Gasteiger partial charge >= 0.3 is 0 Å². The molecule has 0 bridgehead atoms. The van der Waals surface area contributed by atoms with E-state index in [0.29, 0.717) is 0 Å². The van der Waals surface area contributed by atoms with Crippen molar-refractivity contribution in [3.05, 3.63) is 145 Å². The number of hydrogen-bond acceptors (Lipinski definition) is 7. The first-order valence-corrected chi connectivity index (χ1v) is 17.3. The van der Waals surface area contributed by atoms with Crippen molar-refractivity contribution in [2.45, 2.75) is 32.0 Å². The van der Waals surface area contributed by atoms with Crippen LogP contribution in [0.4, 0.5) is 28.4 Å². The minimum atomic E-state index is 0.236.